The average molecular weight is 896 g/mol. The van der Waals surface area contributed by atoms with E-state index in [0.717, 1.165) is 10.8 Å². The van der Waals surface area contributed by atoms with Crippen molar-refractivity contribution in [3.05, 3.63) is 198 Å². The number of anilines is 1. The molecule has 0 saturated carbocycles. The lowest BCUT2D eigenvalue weighted by molar-refractivity contribution is -0.131. The lowest BCUT2D eigenvalue weighted by atomic mass is 10.0. The van der Waals surface area contributed by atoms with Crippen LogP contribution in [0.15, 0.2) is 176 Å². The minimum Gasteiger partial charge on any atom is -0.508 e. The van der Waals surface area contributed by atoms with Crippen molar-refractivity contribution >= 4 is 64.2 Å². The van der Waals surface area contributed by atoms with E-state index in [1.807, 2.05) is 12.1 Å². The van der Waals surface area contributed by atoms with Crippen LogP contribution in [0.3, 0.4) is 0 Å². The number of amides is 1. The molecule has 1 aliphatic rings. The Labute approximate surface area is 376 Å². The third-order valence-corrected chi connectivity index (χ3v) is 12.8. The number of para-hydroxylation sites is 1. The zero-order valence-electron chi connectivity index (χ0n) is 34.6. The van der Waals surface area contributed by atoms with Crippen molar-refractivity contribution in [2.45, 2.75) is 6.92 Å². The number of aromatic hydroxyl groups is 1. The molecule has 14 heteroatoms. The molecule has 0 aromatic heterocycles. The maximum Gasteiger partial charge on any atom is 0.343 e. The number of hydrogen-bond acceptors (Lipinski definition) is 12. The number of ether oxygens (including phenoxy) is 4. The molecule has 2 N–H and O–H groups in total. The van der Waals surface area contributed by atoms with Crippen LogP contribution in [-0.2, 0) is 9.36 Å². The van der Waals surface area contributed by atoms with Crippen molar-refractivity contribution in [3.8, 4) is 45.6 Å². The SMILES string of the molecule is CC(=O)Oc1ccc(C(=O)Oc2ccc(OC(=O)c3cccc(C(=O)Oc4ccc(NC(=O)c5ccc6cc(O)ccc6c5)cc4)c3)c(P3(=O)Oc4ccccc4-c4ccccc43)c2)cc1. The van der Waals surface area contributed by atoms with E-state index in [0.29, 0.717) is 33.4 Å². The van der Waals surface area contributed by atoms with Gasteiger partial charge in [0.25, 0.3) is 5.91 Å². The Morgan fingerprint density at radius 1 is 0.500 bits per heavy atom. The Balaban J connectivity index is 0.942. The van der Waals surface area contributed by atoms with Crippen molar-refractivity contribution in [3.63, 3.8) is 0 Å². The van der Waals surface area contributed by atoms with Crippen molar-refractivity contribution in [1.29, 1.82) is 0 Å². The van der Waals surface area contributed by atoms with E-state index in [4.69, 9.17) is 23.5 Å². The van der Waals surface area contributed by atoms with Gasteiger partial charge >= 0.3 is 31.2 Å². The minimum atomic E-state index is -4.16. The second-order valence-corrected chi connectivity index (χ2v) is 17.1. The highest BCUT2D eigenvalue weighted by molar-refractivity contribution is 7.75. The maximum absolute atomic E-state index is 15.4. The summed E-state index contributed by atoms with van der Waals surface area (Å²) in [5.74, 6) is -2.71. The molecule has 1 amide bonds. The summed E-state index contributed by atoms with van der Waals surface area (Å²) in [5, 5.41) is 14.3. The predicted molar refractivity (Wildman–Crippen MR) is 245 cm³/mol. The molecule has 324 valence electrons. The fraction of sp³-hybridized carbons (Fsp3) is 0.0192. The maximum atomic E-state index is 15.4. The Morgan fingerprint density at radius 2 is 1.09 bits per heavy atom. The Hall–Kier alpha value is -8.80. The summed E-state index contributed by atoms with van der Waals surface area (Å²) in [4.78, 5) is 64.9. The number of nitrogens with one attached hydrogen (secondary N) is 1. The lowest BCUT2D eigenvalue weighted by Crippen LogP contribution is -2.27. The van der Waals surface area contributed by atoms with Crippen LogP contribution in [0.4, 0.5) is 5.69 Å². The van der Waals surface area contributed by atoms with E-state index in [1.165, 1.54) is 85.8 Å². The molecule has 0 spiro atoms. The van der Waals surface area contributed by atoms with Gasteiger partial charge in [0.15, 0.2) is 0 Å². The summed E-state index contributed by atoms with van der Waals surface area (Å²) >= 11 is 0. The molecule has 13 nitrogen and oxygen atoms in total. The van der Waals surface area contributed by atoms with E-state index >= 15 is 4.57 Å². The largest absolute Gasteiger partial charge is 0.508 e. The first-order valence-corrected chi connectivity index (χ1v) is 21.9. The molecule has 1 atom stereocenters. The van der Waals surface area contributed by atoms with Crippen molar-refractivity contribution in [2.24, 2.45) is 0 Å². The van der Waals surface area contributed by atoms with E-state index in [1.54, 1.807) is 84.9 Å². The van der Waals surface area contributed by atoms with Crippen LogP contribution >= 0.6 is 7.37 Å². The normalized spacial score (nSPS) is 13.5. The van der Waals surface area contributed by atoms with Crippen LogP contribution in [0.2, 0.25) is 0 Å². The molecule has 9 rings (SSSR count). The standard InChI is InChI=1S/C52H34NO12P/c1-31(54)61-40-21-16-32(17-22-40)50(57)63-42-25-26-46(48(30-42)66(60)47-12-5-3-10-44(47)43-9-2-4-11-45(43)65-66)64-52(59)37-8-6-7-36(28-37)51(58)62-41-23-18-38(19-24-41)53-49(56)35-14-13-34-29-39(55)20-15-33(34)27-35/h2-30,55H,1H3,(H,53,56). The zero-order chi connectivity index (χ0) is 46.0. The number of carbonyl (C=O) groups is 5. The Morgan fingerprint density at radius 3 is 1.85 bits per heavy atom. The molecule has 0 saturated heterocycles. The van der Waals surface area contributed by atoms with E-state index in [9.17, 15) is 29.1 Å². The smallest absolute Gasteiger partial charge is 0.343 e. The molecule has 66 heavy (non-hydrogen) atoms. The summed E-state index contributed by atoms with van der Waals surface area (Å²) in [6.45, 7) is 1.25. The van der Waals surface area contributed by atoms with E-state index in [-0.39, 0.29) is 56.6 Å². The fourth-order valence-corrected chi connectivity index (χ4v) is 9.64. The molecule has 8 aromatic carbocycles. The van der Waals surface area contributed by atoms with E-state index < -0.39 is 31.2 Å². The number of phenolic OH excluding ortho intramolecular Hbond substituents is 1. The highest BCUT2D eigenvalue weighted by Gasteiger charge is 2.41. The second-order valence-electron chi connectivity index (χ2n) is 14.9. The number of phenols is 1. The van der Waals surface area contributed by atoms with Crippen LogP contribution in [0.5, 0.6) is 34.5 Å². The fourth-order valence-electron chi connectivity index (χ4n) is 7.24. The van der Waals surface area contributed by atoms with Gasteiger partial charge in [-0.2, -0.15) is 0 Å². The lowest BCUT2D eigenvalue weighted by Gasteiger charge is -2.29. The van der Waals surface area contributed by atoms with Gasteiger partial charge in [-0.1, -0.05) is 54.6 Å². The monoisotopic (exact) mass is 895 g/mol. The number of fused-ring (bicyclic) bond motifs is 4. The minimum absolute atomic E-state index is 0.0174. The molecule has 8 aromatic rings. The molecular weight excluding hydrogens is 862 g/mol. The molecule has 1 unspecified atom stereocenters. The van der Waals surface area contributed by atoms with Gasteiger partial charge in [0.2, 0.25) is 0 Å². The van der Waals surface area contributed by atoms with Crippen LogP contribution in [0, 0.1) is 0 Å². The quantitative estimate of drug-likeness (QED) is 0.0755. The molecule has 1 aliphatic heterocycles. The van der Waals surface area contributed by atoms with Gasteiger partial charge in [0, 0.05) is 23.7 Å². The molecular formula is C52H34NO12P. The van der Waals surface area contributed by atoms with E-state index in [2.05, 4.69) is 5.32 Å². The van der Waals surface area contributed by atoms with Crippen LogP contribution in [0.25, 0.3) is 21.9 Å². The number of hydrogen-bond donors (Lipinski definition) is 2. The van der Waals surface area contributed by atoms with Crippen LogP contribution < -0.4 is 39.4 Å². The summed E-state index contributed by atoms with van der Waals surface area (Å²) < 4.78 is 44.0. The topological polar surface area (TPSA) is 181 Å². The van der Waals surface area contributed by atoms with Crippen LogP contribution in [-0.4, -0.2) is 34.9 Å². The predicted octanol–water partition coefficient (Wildman–Crippen LogP) is 9.67. The second kappa shape index (κ2) is 17.8. The highest BCUT2D eigenvalue weighted by atomic mass is 31.2. The molecule has 1 heterocycles. The number of carbonyl (C=O) groups excluding carboxylic acids is 5. The summed E-state index contributed by atoms with van der Waals surface area (Å²) in [6, 6.07) is 45.5. The highest BCUT2D eigenvalue weighted by Crippen LogP contribution is 2.55. The van der Waals surface area contributed by atoms with Gasteiger partial charge in [-0.25, -0.2) is 14.4 Å². The number of benzene rings is 8. The Bertz CT molecular complexity index is 3310. The third kappa shape index (κ3) is 8.87. The van der Waals surface area contributed by atoms with Gasteiger partial charge in [-0.15, -0.1) is 0 Å². The van der Waals surface area contributed by atoms with Gasteiger partial charge in [0.1, 0.15) is 34.5 Å². The third-order valence-electron chi connectivity index (χ3n) is 10.4. The van der Waals surface area contributed by atoms with Crippen molar-refractivity contribution in [1.82, 2.24) is 0 Å². The van der Waals surface area contributed by atoms with Gasteiger partial charge in [0.05, 0.1) is 27.3 Å². The number of rotatable bonds is 10. The van der Waals surface area contributed by atoms with Gasteiger partial charge in [-0.3, -0.25) is 14.2 Å². The van der Waals surface area contributed by atoms with Gasteiger partial charge < -0.3 is 33.9 Å². The molecule has 0 bridgehead atoms. The summed E-state index contributed by atoms with van der Waals surface area (Å²) in [6.07, 6.45) is 0. The average Bonchev–Trinajstić information content (AvgIpc) is 3.32. The first-order chi connectivity index (χ1) is 31.9. The molecule has 0 fully saturated rings. The summed E-state index contributed by atoms with van der Waals surface area (Å²) in [7, 11) is -4.16. The first-order valence-electron chi connectivity index (χ1n) is 20.2. The van der Waals surface area contributed by atoms with Gasteiger partial charge in [-0.05, 0) is 138 Å². The zero-order valence-corrected chi connectivity index (χ0v) is 35.5. The first kappa shape index (κ1) is 42.5. The molecule has 0 aliphatic carbocycles. The molecule has 0 radical (unpaired) electrons. The van der Waals surface area contributed by atoms with Crippen molar-refractivity contribution in [2.75, 3.05) is 5.32 Å². The summed E-state index contributed by atoms with van der Waals surface area (Å²) in [5.41, 5.74) is 2.29. The van der Waals surface area contributed by atoms with Crippen molar-refractivity contribution < 1.29 is 57.1 Å². The number of esters is 4. The van der Waals surface area contributed by atoms with Crippen LogP contribution in [0.1, 0.15) is 48.4 Å². The Kier molecular flexibility index (Phi) is 11.4.